The van der Waals surface area contributed by atoms with Gasteiger partial charge in [0.25, 0.3) is 0 Å². The van der Waals surface area contributed by atoms with Crippen LogP contribution in [0.1, 0.15) is 19.4 Å². The van der Waals surface area contributed by atoms with E-state index in [1.165, 1.54) is 12.1 Å². The van der Waals surface area contributed by atoms with Gasteiger partial charge in [-0.3, -0.25) is 0 Å². The van der Waals surface area contributed by atoms with Crippen LogP contribution in [-0.2, 0) is 4.79 Å². The molecule has 8 heteroatoms. The Balaban J connectivity index is 2.49. The Morgan fingerprint density at radius 3 is 2.54 bits per heavy atom. The van der Waals surface area contributed by atoms with E-state index >= 15 is 0 Å². The molecule has 1 aromatic carbocycles. The SMILES string of the molecule is CC(C)CN(C)c1cc2c(cc1Cl)C=C(C(=O)[O-])[C@H](C(F)(F)F)O2. The van der Waals surface area contributed by atoms with E-state index in [4.69, 9.17) is 16.3 Å². The molecule has 4 nitrogen and oxygen atoms in total. The predicted octanol–water partition coefficient (Wildman–Crippen LogP) is 2.89. The maximum absolute atomic E-state index is 13.1. The van der Waals surface area contributed by atoms with Crippen LogP contribution in [0, 0.1) is 5.92 Å². The first-order valence-electron chi connectivity index (χ1n) is 7.21. The summed E-state index contributed by atoms with van der Waals surface area (Å²) in [5.41, 5.74) is -0.300. The molecular formula is C16H16ClF3NO3-. The number of nitrogens with zero attached hydrogens (tertiary/aromatic N) is 1. The second-order valence-electron chi connectivity index (χ2n) is 6.04. The van der Waals surface area contributed by atoms with E-state index < -0.39 is 23.8 Å². The molecule has 0 N–H and O–H groups in total. The third-order valence-electron chi connectivity index (χ3n) is 3.50. The highest BCUT2D eigenvalue weighted by atomic mass is 35.5. The number of ether oxygens (including phenoxy) is 1. The molecule has 0 amide bonds. The molecule has 1 atom stereocenters. The fraction of sp³-hybridized carbons (Fsp3) is 0.438. The van der Waals surface area contributed by atoms with Crippen LogP contribution in [-0.4, -0.2) is 31.8 Å². The van der Waals surface area contributed by atoms with Gasteiger partial charge >= 0.3 is 6.18 Å². The number of halogens is 4. The number of aliphatic carboxylic acids is 1. The first-order valence-corrected chi connectivity index (χ1v) is 7.59. The topological polar surface area (TPSA) is 52.6 Å². The van der Waals surface area contributed by atoms with E-state index in [0.29, 0.717) is 23.2 Å². The van der Waals surface area contributed by atoms with Crippen molar-refractivity contribution in [1.29, 1.82) is 0 Å². The number of hydrogen-bond donors (Lipinski definition) is 0. The number of rotatable bonds is 4. The molecule has 0 spiro atoms. The largest absolute Gasteiger partial charge is 0.545 e. The number of carboxylic acid groups (broad SMARTS) is 1. The van der Waals surface area contributed by atoms with Crippen LogP contribution in [0.15, 0.2) is 17.7 Å². The van der Waals surface area contributed by atoms with Crippen molar-refractivity contribution in [2.24, 2.45) is 5.92 Å². The molecule has 0 radical (unpaired) electrons. The second kappa shape index (κ2) is 6.55. The number of fused-ring (bicyclic) bond motifs is 1. The molecular weight excluding hydrogens is 347 g/mol. The van der Waals surface area contributed by atoms with Crippen LogP contribution in [0.25, 0.3) is 6.08 Å². The average molecular weight is 363 g/mol. The molecule has 132 valence electrons. The molecule has 0 fully saturated rings. The summed E-state index contributed by atoms with van der Waals surface area (Å²) in [5, 5.41) is 11.3. The van der Waals surface area contributed by atoms with Gasteiger partial charge < -0.3 is 19.5 Å². The van der Waals surface area contributed by atoms with Gasteiger partial charge in [0, 0.05) is 30.8 Å². The van der Waals surface area contributed by atoms with Crippen molar-refractivity contribution in [2.45, 2.75) is 26.1 Å². The second-order valence-corrected chi connectivity index (χ2v) is 6.45. The predicted molar refractivity (Wildman–Crippen MR) is 83.0 cm³/mol. The van der Waals surface area contributed by atoms with Crippen LogP contribution < -0.4 is 14.7 Å². The van der Waals surface area contributed by atoms with Gasteiger partial charge in [-0.1, -0.05) is 25.4 Å². The van der Waals surface area contributed by atoms with Gasteiger partial charge in [-0.05, 0) is 18.1 Å². The van der Waals surface area contributed by atoms with Crippen molar-refractivity contribution in [3.8, 4) is 5.75 Å². The lowest BCUT2D eigenvalue weighted by Crippen LogP contribution is -2.44. The molecule has 1 aliphatic rings. The van der Waals surface area contributed by atoms with Gasteiger partial charge in [-0.25, -0.2) is 0 Å². The van der Waals surface area contributed by atoms with Crippen LogP contribution in [0.4, 0.5) is 18.9 Å². The van der Waals surface area contributed by atoms with E-state index in [1.807, 2.05) is 13.8 Å². The first kappa shape index (κ1) is 18.4. The zero-order chi connectivity index (χ0) is 18.2. The Morgan fingerprint density at radius 1 is 1.42 bits per heavy atom. The Morgan fingerprint density at radius 2 is 2.04 bits per heavy atom. The quantitative estimate of drug-likeness (QED) is 0.826. The highest BCUT2D eigenvalue weighted by molar-refractivity contribution is 6.33. The van der Waals surface area contributed by atoms with Crippen LogP contribution >= 0.6 is 11.6 Å². The molecule has 0 saturated heterocycles. The fourth-order valence-corrected chi connectivity index (χ4v) is 2.87. The Hall–Kier alpha value is -1.89. The summed E-state index contributed by atoms with van der Waals surface area (Å²) in [7, 11) is 1.76. The highest BCUT2D eigenvalue weighted by Crippen LogP contribution is 2.41. The van der Waals surface area contributed by atoms with Crippen molar-refractivity contribution < 1.29 is 27.8 Å². The maximum atomic E-state index is 13.1. The van der Waals surface area contributed by atoms with Gasteiger partial charge in [0.1, 0.15) is 5.75 Å². The summed E-state index contributed by atoms with van der Waals surface area (Å²) in [5.74, 6) is -1.69. The summed E-state index contributed by atoms with van der Waals surface area (Å²) < 4.78 is 44.1. The zero-order valence-corrected chi connectivity index (χ0v) is 14.0. The monoisotopic (exact) mass is 362 g/mol. The Labute approximate surface area is 142 Å². The van der Waals surface area contributed by atoms with E-state index in [2.05, 4.69) is 0 Å². The number of hydrogen-bond acceptors (Lipinski definition) is 4. The molecule has 0 bridgehead atoms. The smallest absolute Gasteiger partial charge is 0.429 e. The summed E-state index contributed by atoms with van der Waals surface area (Å²) in [6.45, 7) is 4.63. The zero-order valence-electron chi connectivity index (χ0n) is 13.3. The molecule has 1 aromatic rings. The van der Waals surface area contributed by atoms with Crippen molar-refractivity contribution in [3.05, 3.63) is 28.3 Å². The molecule has 24 heavy (non-hydrogen) atoms. The van der Waals surface area contributed by atoms with Crippen molar-refractivity contribution >= 4 is 29.3 Å². The lowest BCUT2D eigenvalue weighted by molar-refractivity contribution is -0.302. The highest BCUT2D eigenvalue weighted by Gasteiger charge is 2.46. The average Bonchev–Trinajstić information content (AvgIpc) is 2.43. The Bertz CT molecular complexity index is 686. The van der Waals surface area contributed by atoms with Crippen molar-refractivity contribution in [3.63, 3.8) is 0 Å². The molecule has 0 unspecified atom stereocenters. The van der Waals surface area contributed by atoms with Crippen molar-refractivity contribution in [1.82, 2.24) is 0 Å². The minimum absolute atomic E-state index is 0.0719. The molecule has 0 saturated carbocycles. The van der Waals surface area contributed by atoms with Gasteiger partial charge in [0.15, 0.2) is 0 Å². The summed E-state index contributed by atoms with van der Waals surface area (Å²) in [6.07, 6.45) is -6.54. The number of carboxylic acids is 1. The van der Waals surface area contributed by atoms with Crippen molar-refractivity contribution in [2.75, 3.05) is 18.5 Å². The molecule has 0 aliphatic carbocycles. The minimum Gasteiger partial charge on any atom is -0.545 e. The standard InChI is InChI=1S/C16H17ClF3NO3/c1-8(2)7-21(3)12-6-13-9(5-11(12)17)4-10(15(22)23)14(24-13)16(18,19)20/h4-6,8,14H,7H2,1-3H3,(H,22,23)/p-1/t14-/m1/s1. The Kier molecular flexibility index (Phi) is 5.03. The minimum atomic E-state index is -4.87. The van der Waals surface area contributed by atoms with Crippen LogP contribution in [0.2, 0.25) is 5.02 Å². The van der Waals surface area contributed by atoms with Gasteiger partial charge in [0.05, 0.1) is 16.7 Å². The molecule has 1 aliphatic heterocycles. The summed E-state index contributed by atoms with van der Waals surface area (Å²) in [4.78, 5) is 12.8. The van der Waals surface area contributed by atoms with Gasteiger partial charge in [0.2, 0.25) is 6.10 Å². The van der Waals surface area contributed by atoms with E-state index in [0.717, 1.165) is 6.08 Å². The van der Waals surface area contributed by atoms with E-state index in [-0.39, 0.29) is 11.3 Å². The molecule has 0 aromatic heterocycles. The summed E-state index contributed by atoms with van der Waals surface area (Å²) in [6, 6.07) is 2.78. The first-order chi connectivity index (χ1) is 11.0. The third-order valence-corrected chi connectivity index (χ3v) is 3.80. The van der Waals surface area contributed by atoms with E-state index in [9.17, 15) is 23.1 Å². The number of carbonyl (C=O) groups excluding carboxylic acids is 1. The molecule has 2 rings (SSSR count). The fourth-order valence-electron chi connectivity index (χ4n) is 2.55. The summed E-state index contributed by atoms with van der Waals surface area (Å²) >= 11 is 6.18. The number of benzene rings is 1. The van der Waals surface area contributed by atoms with Crippen LogP contribution in [0.3, 0.4) is 0 Å². The lowest BCUT2D eigenvalue weighted by Gasteiger charge is -2.31. The number of anilines is 1. The lowest BCUT2D eigenvalue weighted by atomic mass is 10.0. The normalized spacial score (nSPS) is 17.2. The maximum Gasteiger partial charge on any atom is 0.429 e. The number of carbonyl (C=O) groups is 1. The molecule has 1 heterocycles. The third kappa shape index (κ3) is 3.77. The van der Waals surface area contributed by atoms with Gasteiger partial charge in [-0.15, -0.1) is 0 Å². The number of alkyl halides is 3. The van der Waals surface area contributed by atoms with E-state index in [1.54, 1.807) is 11.9 Å². The van der Waals surface area contributed by atoms with Gasteiger partial charge in [-0.2, -0.15) is 13.2 Å². The van der Waals surface area contributed by atoms with Crippen LogP contribution in [0.5, 0.6) is 5.75 Å².